The first-order chi connectivity index (χ1) is 16.9. The lowest BCUT2D eigenvalue weighted by Crippen LogP contribution is -2.40. The van der Waals surface area contributed by atoms with E-state index in [1.807, 2.05) is 22.7 Å². The first-order valence-corrected chi connectivity index (χ1v) is 12.1. The number of nitrogens with two attached hydrogens (primary N) is 1. The Kier molecular flexibility index (Phi) is 6.26. The van der Waals surface area contributed by atoms with Crippen LogP contribution in [0.2, 0.25) is 0 Å². The zero-order valence-electron chi connectivity index (χ0n) is 20.0. The lowest BCUT2D eigenvalue weighted by Gasteiger charge is -2.26. The molecule has 4 aromatic rings. The number of nitrogens with zero attached hydrogens (tertiary/aromatic N) is 2. The lowest BCUT2D eigenvalue weighted by atomic mass is 9.91. The SMILES string of the molecule is Cc1cccc(C)c1Nc1c(-c2ccc(F)cc2)nc2cc(C(=O)NC3CCC(N)CC3)ccn12. The molecular formula is C28H30FN5O. The summed E-state index contributed by atoms with van der Waals surface area (Å²) >= 11 is 0. The zero-order chi connectivity index (χ0) is 24.5. The standard InChI is InChI=1S/C28H30FN5O/c1-17-4-3-5-18(2)25(17)33-27-26(19-6-8-21(29)9-7-19)32-24-16-20(14-15-34(24)27)28(35)31-23-12-10-22(30)11-13-23/h3-9,14-16,22-23,33H,10-13,30H2,1-2H3,(H,31,35). The Morgan fingerprint density at radius 3 is 2.40 bits per heavy atom. The third-order valence-electron chi connectivity index (χ3n) is 6.84. The second-order valence-corrected chi connectivity index (χ2v) is 9.44. The van der Waals surface area contributed by atoms with Gasteiger partial charge < -0.3 is 16.4 Å². The highest BCUT2D eigenvalue weighted by Crippen LogP contribution is 2.33. The normalized spacial score (nSPS) is 17.9. The van der Waals surface area contributed by atoms with Gasteiger partial charge in [-0.05, 0) is 87.1 Å². The average molecular weight is 472 g/mol. The molecule has 1 fully saturated rings. The summed E-state index contributed by atoms with van der Waals surface area (Å²) in [7, 11) is 0. The predicted octanol–water partition coefficient (Wildman–Crippen LogP) is 5.50. The third kappa shape index (κ3) is 4.77. The molecule has 2 heterocycles. The maximum Gasteiger partial charge on any atom is 0.251 e. The van der Waals surface area contributed by atoms with Gasteiger partial charge in [-0.25, -0.2) is 9.37 Å². The zero-order valence-corrected chi connectivity index (χ0v) is 20.0. The Morgan fingerprint density at radius 2 is 1.71 bits per heavy atom. The van der Waals surface area contributed by atoms with Gasteiger partial charge in [0.25, 0.3) is 5.91 Å². The van der Waals surface area contributed by atoms with Gasteiger partial charge in [0.1, 0.15) is 23.0 Å². The van der Waals surface area contributed by atoms with Crippen molar-refractivity contribution in [2.45, 2.75) is 51.6 Å². The fourth-order valence-electron chi connectivity index (χ4n) is 4.78. The van der Waals surface area contributed by atoms with Crippen molar-refractivity contribution >= 4 is 23.1 Å². The van der Waals surface area contributed by atoms with Gasteiger partial charge in [0.15, 0.2) is 0 Å². The Balaban J connectivity index is 1.53. The van der Waals surface area contributed by atoms with E-state index >= 15 is 0 Å². The fourth-order valence-corrected chi connectivity index (χ4v) is 4.78. The molecule has 7 heteroatoms. The van der Waals surface area contributed by atoms with E-state index in [0.717, 1.165) is 53.9 Å². The number of rotatable bonds is 5. The smallest absolute Gasteiger partial charge is 0.251 e. The Labute approximate surface area is 204 Å². The minimum atomic E-state index is -0.301. The number of amides is 1. The summed E-state index contributed by atoms with van der Waals surface area (Å²) < 4.78 is 15.6. The summed E-state index contributed by atoms with van der Waals surface area (Å²) in [4.78, 5) is 17.8. The van der Waals surface area contributed by atoms with Crippen LogP contribution < -0.4 is 16.4 Å². The number of fused-ring (bicyclic) bond motifs is 1. The number of halogens is 1. The maximum absolute atomic E-state index is 13.6. The predicted molar refractivity (Wildman–Crippen MR) is 137 cm³/mol. The number of benzene rings is 2. The van der Waals surface area contributed by atoms with E-state index in [2.05, 4.69) is 36.6 Å². The van der Waals surface area contributed by atoms with Gasteiger partial charge in [-0.3, -0.25) is 9.20 Å². The van der Waals surface area contributed by atoms with Gasteiger partial charge in [0.05, 0.1) is 0 Å². The molecule has 1 aliphatic carbocycles. The first-order valence-electron chi connectivity index (χ1n) is 12.1. The van der Waals surface area contributed by atoms with Crippen LogP contribution in [-0.2, 0) is 0 Å². The molecule has 0 bridgehead atoms. The molecule has 5 rings (SSSR count). The second-order valence-electron chi connectivity index (χ2n) is 9.44. The van der Waals surface area contributed by atoms with Crippen molar-refractivity contribution < 1.29 is 9.18 Å². The number of nitrogens with one attached hydrogen (secondary N) is 2. The van der Waals surface area contributed by atoms with Crippen molar-refractivity contribution in [2.24, 2.45) is 5.73 Å². The number of hydrogen-bond donors (Lipinski definition) is 3. The topological polar surface area (TPSA) is 84.5 Å². The number of aromatic nitrogens is 2. The molecule has 4 N–H and O–H groups in total. The maximum atomic E-state index is 13.6. The van der Waals surface area contributed by atoms with E-state index in [4.69, 9.17) is 10.7 Å². The van der Waals surface area contributed by atoms with Crippen LogP contribution in [0.25, 0.3) is 16.9 Å². The van der Waals surface area contributed by atoms with Gasteiger partial charge >= 0.3 is 0 Å². The van der Waals surface area contributed by atoms with Crippen LogP contribution in [0.4, 0.5) is 15.9 Å². The lowest BCUT2D eigenvalue weighted by molar-refractivity contribution is 0.0926. The van der Waals surface area contributed by atoms with Crippen LogP contribution >= 0.6 is 0 Å². The molecule has 0 radical (unpaired) electrons. The van der Waals surface area contributed by atoms with Crippen molar-refractivity contribution in [3.8, 4) is 11.3 Å². The molecule has 1 aliphatic rings. The van der Waals surface area contributed by atoms with E-state index in [9.17, 15) is 9.18 Å². The van der Waals surface area contributed by atoms with Gasteiger partial charge in [0.2, 0.25) is 0 Å². The Bertz CT molecular complexity index is 1350. The largest absolute Gasteiger partial charge is 0.349 e. The number of hydrogen-bond acceptors (Lipinski definition) is 4. The van der Waals surface area contributed by atoms with Crippen LogP contribution in [-0.4, -0.2) is 27.4 Å². The minimum Gasteiger partial charge on any atom is -0.349 e. The van der Waals surface area contributed by atoms with Crippen LogP contribution in [0.1, 0.15) is 47.2 Å². The number of para-hydroxylation sites is 1. The summed E-state index contributed by atoms with van der Waals surface area (Å²) in [5.74, 6) is 0.352. The third-order valence-corrected chi connectivity index (χ3v) is 6.84. The van der Waals surface area contributed by atoms with Crippen LogP contribution in [0.15, 0.2) is 60.8 Å². The molecule has 180 valence electrons. The molecule has 2 aromatic heterocycles. The molecular weight excluding hydrogens is 441 g/mol. The Hall–Kier alpha value is -3.71. The van der Waals surface area contributed by atoms with Gasteiger partial charge in [-0.15, -0.1) is 0 Å². The van der Waals surface area contributed by atoms with Crippen LogP contribution in [0.5, 0.6) is 0 Å². The highest BCUT2D eigenvalue weighted by Gasteiger charge is 2.22. The summed E-state index contributed by atoms with van der Waals surface area (Å²) in [6, 6.07) is 16.4. The van der Waals surface area contributed by atoms with E-state index in [-0.39, 0.29) is 23.8 Å². The Morgan fingerprint density at radius 1 is 1.03 bits per heavy atom. The highest BCUT2D eigenvalue weighted by molar-refractivity contribution is 5.95. The molecule has 6 nitrogen and oxygen atoms in total. The quantitative estimate of drug-likeness (QED) is 0.359. The van der Waals surface area contributed by atoms with Crippen molar-refractivity contribution in [2.75, 3.05) is 5.32 Å². The highest BCUT2D eigenvalue weighted by atomic mass is 19.1. The van der Waals surface area contributed by atoms with Crippen molar-refractivity contribution in [3.05, 3.63) is 83.3 Å². The van der Waals surface area contributed by atoms with Crippen molar-refractivity contribution in [1.29, 1.82) is 0 Å². The van der Waals surface area contributed by atoms with Gasteiger partial charge in [-0.2, -0.15) is 0 Å². The van der Waals surface area contributed by atoms with E-state index in [1.54, 1.807) is 18.2 Å². The molecule has 0 unspecified atom stereocenters. The number of carbonyl (C=O) groups is 1. The fraction of sp³-hybridized carbons (Fsp3) is 0.286. The molecule has 1 saturated carbocycles. The van der Waals surface area contributed by atoms with Gasteiger partial charge in [0, 0.05) is 35.1 Å². The average Bonchev–Trinajstić information content (AvgIpc) is 3.21. The molecule has 35 heavy (non-hydrogen) atoms. The number of carbonyl (C=O) groups excluding carboxylic acids is 1. The van der Waals surface area contributed by atoms with Crippen LogP contribution in [0.3, 0.4) is 0 Å². The molecule has 0 spiro atoms. The monoisotopic (exact) mass is 471 g/mol. The van der Waals surface area contributed by atoms with E-state index < -0.39 is 0 Å². The molecule has 0 aliphatic heterocycles. The molecule has 0 atom stereocenters. The summed E-state index contributed by atoms with van der Waals surface area (Å²) in [6.07, 6.45) is 5.52. The molecule has 1 amide bonds. The first kappa shape index (κ1) is 23.1. The summed E-state index contributed by atoms with van der Waals surface area (Å²) in [5, 5.41) is 6.70. The second kappa shape index (κ2) is 9.50. The van der Waals surface area contributed by atoms with Crippen molar-refractivity contribution in [3.63, 3.8) is 0 Å². The van der Waals surface area contributed by atoms with Gasteiger partial charge in [-0.1, -0.05) is 18.2 Å². The number of aryl methyl sites for hydroxylation is 2. The molecule has 2 aromatic carbocycles. The molecule has 0 saturated heterocycles. The van der Waals surface area contributed by atoms with Crippen molar-refractivity contribution in [1.82, 2.24) is 14.7 Å². The number of pyridine rings is 1. The summed E-state index contributed by atoms with van der Waals surface area (Å²) in [5.41, 5.74) is 11.9. The number of anilines is 2. The van der Waals surface area contributed by atoms with E-state index in [0.29, 0.717) is 16.9 Å². The van der Waals surface area contributed by atoms with E-state index in [1.165, 1.54) is 12.1 Å². The number of imidazole rings is 1. The van der Waals surface area contributed by atoms with Crippen LogP contribution in [0, 0.1) is 19.7 Å². The summed E-state index contributed by atoms with van der Waals surface area (Å²) in [6.45, 7) is 4.10. The minimum absolute atomic E-state index is 0.108.